The highest BCUT2D eigenvalue weighted by molar-refractivity contribution is 7.80. The van der Waals surface area contributed by atoms with Gasteiger partial charge in [-0.05, 0) is 18.6 Å². The maximum atomic E-state index is 6.14. The first-order valence-corrected chi connectivity index (χ1v) is 6.49. The van der Waals surface area contributed by atoms with Crippen molar-refractivity contribution in [2.24, 2.45) is 5.73 Å². The van der Waals surface area contributed by atoms with Gasteiger partial charge in [0, 0.05) is 5.02 Å². The molecule has 1 atom stereocenters. The highest BCUT2D eigenvalue weighted by atomic mass is 35.5. The molecule has 0 radical (unpaired) electrons. The lowest BCUT2D eigenvalue weighted by molar-refractivity contribution is 0.871. The van der Waals surface area contributed by atoms with E-state index in [2.05, 4.69) is 15.3 Å². The van der Waals surface area contributed by atoms with Crippen LogP contribution in [0.2, 0.25) is 5.02 Å². The van der Waals surface area contributed by atoms with Gasteiger partial charge in [0.15, 0.2) is 0 Å². The Morgan fingerprint density at radius 1 is 1.32 bits per heavy atom. The maximum Gasteiger partial charge on any atom is 0.144 e. The van der Waals surface area contributed by atoms with Crippen LogP contribution in [0.15, 0.2) is 36.7 Å². The predicted octanol–water partition coefficient (Wildman–Crippen LogP) is 2.94. The number of nitrogens with one attached hydrogen (secondary N) is 1. The molecule has 1 unspecified atom stereocenters. The molecular weight excluding hydrogens is 280 g/mol. The van der Waals surface area contributed by atoms with Crippen LogP contribution in [-0.4, -0.2) is 15.0 Å². The highest BCUT2D eigenvalue weighted by Gasteiger charge is 2.09. The van der Waals surface area contributed by atoms with E-state index in [4.69, 9.17) is 29.6 Å². The monoisotopic (exact) mass is 292 g/mol. The SMILES string of the molecule is CC(Nc1cnc(C(N)=S)cn1)c1ccccc1Cl. The zero-order valence-electron chi connectivity index (χ0n) is 10.3. The van der Waals surface area contributed by atoms with E-state index in [1.54, 1.807) is 12.4 Å². The van der Waals surface area contributed by atoms with Gasteiger partial charge in [-0.15, -0.1) is 0 Å². The van der Waals surface area contributed by atoms with Crippen molar-refractivity contribution in [1.29, 1.82) is 0 Å². The summed E-state index contributed by atoms with van der Waals surface area (Å²) in [5.74, 6) is 0.646. The van der Waals surface area contributed by atoms with E-state index in [-0.39, 0.29) is 11.0 Å². The molecule has 0 amide bonds. The minimum atomic E-state index is 0.0266. The second-order valence-corrected chi connectivity index (χ2v) is 4.89. The lowest BCUT2D eigenvalue weighted by Crippen LogP contribution is -2.13. The third-order valence-electron chi connectivity index (χ3n) is 2.64. The molecule has 19 heavy (non-hydrogen) atoms. The second-order valence-electron chi connectivity index (χ2n) is 4.04. The first-order chi connectivity index (χ1) is 9.08. The molecule has 0 aliphatic carbocycles. The minimum absolute atomic E-state index is 0.0266. The molecule has 0 fully saturated rings. The Bertz CT molecular complexity index is 585. The number of thiocarbonyl (C=S) groups is 1. The van der Waals surface area contributed by atoms with Crippen molar-refractivity contribution in [2.75, 3.05) is 5.32 Å². The molecule has 0 bridgehead atoms. The van der Waals surface area contributed by atoms with Crippen LogP contribution < -0.4 is 11.1 Å². The highest BCUT2D eigenvalue weighted by Crippen LogP contribution is 2.24. The van der Waals surface area contributed by atoms with E-state index in [1.165, 1.54) is 0 Å². The number of nitrogens with zero attached hydrogens (tertiary/aromatic N) is 2. The Labute approximate surface area is 122 Å². The number of hydrogen-bond acceptors (Lipinski definition) is 4. The summed E-state index contributed by atoms with van der Waals surface area (Å²) >= 11 is 11.0. The van der Waals surface area contributed by atoms with Crippen LogP contribution in [-0.2, 0) is 0 Å². The first kappa shape index (κ1) is 13.7. The molecule has 0 aliphatic rings. The van der Waals surface area contributed by atoms with E-state index in [1.807, 2.05) is 31.2 Å². The summed E-state index contributed by atoms with van der Waals surface area (Å²) in [6, 6.07) is 7.70. The van der Waals surface area contributed by atoms with E-state index in [0.717, 1.165) is 10.6 Å². The van der Waals surface area contributed by atoms with Gasteiger partial charge in [0.05, 0.1) is 18.4 Å². The molecule has 1 aromatic heterocycles. The average molecular weight is 293 g/mol. The van der Waals surface area contributed by atoms with Crippen LogP contribution in [0.1, 0.15) is 24.2 Å². The van der Waals surface area contributed by atoms with Gasteiger partial charge in [0.2, 0.25) is 0 Å². The van der Waals surface area contributed by atoms with Crippen molar-refractivity contribution >= 4 is 34.6 Å². The number of hydrogen-bond donors (Lipinski definition) is 2. The van der Waals surface area contributed by atoms with Crippen molar-refractivity contribution < 1.29 is 0 Å². The third kappa shape index (κ3) is 3.39. The van der Waals surface area contributed by atoms with Crippen molar-refractivity contribution in [3.05, 3.63) is 52.9 Å². The van der Waals surface area contributed by atoms with Gasteiger partial charge in [-0.2, -0.15) is 0 Å². The average Bonchev–Trinajstić information content (AvgIpc) is 2.39. The zero-order chi connectivity index (χ0) is 13.8. The van der Waals surface area contributed by atoms with Gasteiger partial charge in [-0.25, -0.2) is 9.97 Å². The molecule has 2 aromatic rings. The van der Waals surface area contributed by atoms with Crippen LogP contribution in [0.25, 0.3) is 0 Å². The molecule has 3 N–H and O–H groups in total. The largest absolute Gasteiger partial charge is 0.388 e. The molecule has 1 heterocycles. The fourth-order valence-corrected chi connectivity index (χ4v) is 2.06. The topological polar surface area (TPSA) is 63.8 Å². The number of halogens is 1. The van der Waals surface area contributed by atoms with Gasteiger partial charge >= 0.3 is 0 Å². The summed E-state index contributed by atoms with van der Waals surface area (Å²) in [6.07, 6.45) is 3.14. The number of anilines is 1. The molecule has 1 aromatic carbocycles. The summed E-state index contributed by atoms with van der Waals surface area (Å²) in [7, 11) is 0. The molecule has 0 saturated carbocycles. The summed E-state index contributed by atoms with van der Waals surface area (Å²) in [5.41, 5.74) is 6.98. The number of rotatable bonds is 4. The van der Waals surface area contributed by atoms with Crippen LogP contribution >= 0.6 is 23.8 Å². The van der Waals surface area contributed by atoms with E-state index in [9.17, 15) is 0 Å². The standard InChI is InChI=1S/C13H13ClN4S/c1-8(9-4-2-3-5-10(9)14)18-12-7-16-11(6-17-12)13(15)19/h2-8H,1H3,(H2,15,19)(H,17,18). The minimum Gasteiger partial charge on any atom is -0.388 e. The summed E-state index contributed by atoms with van der Waals surface area (Å²) in [5, 5.41) is 3.94. The van der Waals surface area contributed by atoms with Crippen LogP contribution in [0.3, 0.4) is 0 Å². The van der Waals surface area contributed by atoms with Gasteiger partial charge in [0.25, 0.3) is 0 Å². The smallest absolute Gasteiger partial charge is 0.144 e. The molecule has 0 saturated heterocycles. The Balaban J connectivity index is 2.13. The molecule has 0 aliphatic heterocycles. The maximum absolute atomic E-state index is 6.14. The predicted molar refractivity (Wildman–Crippen MR) is 81.4 cm³/mol. The van der Waals surface area contributed by atoms with Crippen LogP contribution in [0, 0.1) is 0 Å². The number of benzene rings is 1. The van der Waals surface area contributed by atoms with Crippen molar-refractivity contribution in [1.82, 2.24) is 9.97 Å². The zero-order valence-corrected chi connectivity index (χ0v) is 11.9. The summed E-state index contributed by atoms with van der Waals surface area (Å²) in [6.45, 7) is 2.00. The second kappa shape index (κ2) is 5.95. The number of nitrogens with two attached hydrogens (primary N) is 1. The molecule has 4 nitrogen and oxygen atoms in total. The fraction of sp³-hybridized carbons (Fsp3) is 0.154. The van der Waals surface area contributed by atoms with Crippen LogP contribution in [0.4, 0.5) is 5.82 Å². The van der Waals surface area contributed by atoms with E-state index in [0.29, 0.717) is 11.5 Å². The van der Waals surface area contributed by atoms with Gasteiger partial charge < -0.3 is 11.1 Å². The summed E-state index contributed by atoms with van der Waals surface area (Å²) < 4.78 is 0. The van der Waals surface area contributed by atoms with Crippen LogP contribution in [0.5, 0.6) is 0 Å². The van der Waals surface area contributed by atoms with Crippen molar-refractivity contribution in [3.63, 3.8) is 0 Å². The van der Waals surface area contributed by atoms with Crippen molar-refractivity contribution in [2.45, 2.75) is 13.0 Å². The lowest BCUT2D eigenvalue weighted by Gasteiger charge is -2.16. The first-order valence-electron chi connectivity index (χ1n) is 5.70. The summed E-state index contributed by atoms with van der Waals surface area (Å²) in [4.78, 5) is 8.57. The Hall–Kier alpha value is -1.72. The van der Waals surface area contributed by atoms with Gasteiger partial charge in [-0.3, -0.25) is 0 Å². The fourth-order valence-electron chi connectivity index (χ4n) is 1.66. The van der Waals surface area contributed by atoms with Gasteiger partial charge in [0.1, 0.15) is 16.5 Å². The van der Waals surface area contributed by atoms with Gasteiger partial charge in [-0.1, -0.05) is 42.0 Å². The van der Waals surface area contributed by atoms with Crippen molar-refractivity contribution in [3.8, 4) is 0 Å². The molecule has 98 valence electrons. The van der Waals surface area contributed by atoms with E-state index >= 15 is 0 Å². The number of aromatic nitrogens is 2. The third-order valence-corrected chi connectivity index (χ3v) is 3.19. The molecular formula is C13H13ClN4S. The molecule has 2 rings (SSSR count). The quantitative estimate of drug-likeness (QED) is 0.848. The van der Waals surface area contributed by atoms with E-state index < -0.39 is 0 Å². The Kier molecular flexibility index (Phi) is 4.29. The Morgan fingerprint density at radius 2 is 2.05 bits per heavy atom. The Morgan fingerprint density at radius 3 is 2.63 bits per heavy atom. The molecule has 6 heteroatoms. The molecule has 0 spiro atoms. The normalized spacial score (nSPS) is 11.9. The lowest BCUT2D eigenvalue weighted by atomic mass is 10.1.